The van der Waals surface area contributed by atoms with Gasteiger partial charge in [0.2, 0.25) is 5.91 Å². The summed E-state index contributed by atoms with van der Waals surface area (Å²) in [5.74, 6) is -2.81. The van der Waals surface area contributed by atoms with Crippen LogP contribution in [-0.2, 0) is 20.9 Å². The molecule has 4 atom stereocenters. The van der Waals surface area contributed by atoms with Crippen molar-refractivity contribution in [1.82, 2.24) is 10.2 Å². The minimum absolute atomic E-state index is 0.266. The van der Waals surface area contributed by atoms with Gasteiger partial charge >= 0.3 is 5.97 Å². The van der Waals surface area contributed by atoms with Crippen molar-refractivity contribution in [3.8, 4) is 6.07 Å². The highest BCUT2D eigenvalue weighted by atomic mass is 32.1. The number of rotatable bonds is 7. The molecule has 41 heavy (non-hydrogen) atoms. The molecule has 206 valence electrons. The topological polar surface area (TPSA) is 99.5 Å². The Morgan fingerprint density at radius 3 is 2.24 bits per heavy atom. The molecule has 0 radical (unpaired) electrons. The fourth-order valence-corrected chi connectivity index (χ4v) is 6.25. The zero-order valence-electron chi connectivity index (χ0n) is 22.7. The summed E-state index contributed by atoms with van der Waals surface area (Å²) in [5.41, 5.74) is 3.86. The van der Waals surface area contributed by atoms with Crippen LogP contribution in [0.3, 0.4) is 0 Å². The van der Waals surface area contributed by atoms with Crippen molar-refractivity contribution in [3.63, 3.8) is 0 Å². The molecule has 5 rings (SSSR count). The summed E-state index contributed by atoms with van der Waals surface area (Å²) in [6, 6.07) is 27.7. The third kappa shape index (κ3) is 5.63. The molecule has 1 saturated heterocycles. The lowest BCUT2D eigenvalue weighted by molar-refractivity contribution is -0.146. The highest BCUT2D eigenvalue weighted by Gasteiger charge is 2.58. The fraction of sp³-hybridized carbons (Fsp3) is 0.212. The first-order valence-corrected chi connectivity index (χ1v) is 14.1. The molecule has 3 aromatic carbocycles. The molecular weight excluding hydrogens is 534 g/mol. The van der Waals surface area contributed by atoms with E-state index in [4.69, 9.17) is 4.74 Å². The first-order chi connectivity index (χ1) is 19.9. The lowest BCUT2D eigenvalue weighted by atomic mass is 9.79. The summed E-state index contributed by atoms with van der Waals surface area (Å²) >= 11 is 1.28. The normalized spacial score (nSPS) is 19.8. The number of amides is 2. The van der Waals surface area contributed by atoms with E-state index in [1.165, 1.54) is 23.3 Å². The molecule has 2 amide bonds. The van der Waals surface area contributed by atoms with Crippen molar-refractivity contribution >= 4 is 29.1 Å². The van der Waals surface area contributed by atoms with Crippen molar-refractivity contribution in [2.24, 2.45) is 5.92 Å². The van der Waals surface area contributed by atoms with E-state index in [1.54, 1.807) is 41.8 Å². The molecule has 1 aliphatic heterocycles. The highest BCUT2D eigenvalue weighted by molar-refractivity contribution is 7.12. The van der Waals surface area contributed by atoms with Gasteiger partial charge in [0.15, 0.2) is 0 Å². The van der Waals surface area contributed by atoms with E-state index in [2.05, 4.69) is 11.4 Å². The van der Waals surface area contributed by atoms with Gasteiger partial charge in [-0.25, -0.2) is 0 Å². The van der Waals surface area contributed by atoms with Gasteiger partial charge in [0, 0.05) is 12.5 Å². The van der Waals surface area contributed by atoms with Gasteiger partial charge in [-0.05, 0) is 47.2 Å². The van der Waals surface area contributed by atoms with Gasteiger partial charge in [0.05, 0.1) is 35.6 Å². The molecule has 0 spiro atoms. The fourth-order valence-electron chi connectivity index (χ4n) is 5.58. The van der Waals surface area contributed by atoms with Crippen molar-refractivity contribution < 1.29 is 19.1 Å². The SMILES string of the molecule is COC(=O)C1C(c2ccccc2)C(C(=O)NCc2ccc(C)cc2)N(C(=O)c2cccs2)C1c1ccc(C#N)cc1. The Morgan fingerprint density at radius 1 is 0.927 bits per heavy atom. The van der Waals surface area contributed by atoms with Crippen LogP contribution < -0.4 is 5.32 Å². The van der Waals surface area contributed by atoms with Crippen LogP contribution >= 0.6 is 11.3 Å². The van der Waals surface area contributed by atoms with Crippen LogP contribution in [0.1, 0.15) is 49.4 Å². The van der Waals surface area contributed by atoms with E-state index < -0.39 is 29.9 Å². The summed E-state index contributed by atoms with van der Waals surface area (Å²) in [7, 11) is 1.32. The summed E-state index contributed by atoms with van der Waals surface area (Å²) < 4.78 is 5.31. The number of methoxy groups -OCH3 is 1. The number of aryl methyl sites for hydroxylation is 1. The van der Waals surface area contributed by atoms with Crippen molar-refractivity contribution in [1.29, 1.82) is 5.26 Å². The van der Waals surface area contributed by atoms with Gasteiger partial charge in [-0.15, -0.1) is 11.3 Å². The predicted octanol–water partition coefficient (Wildman–Crippen LogP) is 5.38. The maximum atomic E-state index is 14.2. The van der Waals surface area contributed by atoms with E-state index in [1.807, 2.05) is 61.5 Å². The molecule has 4 aromatic rings. The maximum Gasteiger partial charge on any atom is 0.311 e. The molecule has 0 bridgehead atoms. The molecule has 2 heterocycles. The smallest absolute Gasteiger partial charge is 0.311 e. The molecule has 0 aliphatic carbocycles. The Morgan fingerprint density at radius 2 is 1.63 bits per heavy atom. The van der Waals surface area contributed by atoms with Gasteiger partial charge in [-0.1, -0.05) is 78.4 Å². The summed E-state index contributed by atoms with van der Waals surface area (Å²) in [5, 5.41) is 14.2. The van der Waals surface area contributed by atoms with Crippen LogP contribution in [0.2, 0.25) is 0 Å². The van der Waals surface area contributed by atoms with Crippen LogP contribution in [0.5, 0.6) is 0 Å². The number of carbonyl (C=O) groups excluding carboxylic acids is 3. The Balaban J connectivity index is 1.66. The Kier molecular flexibility index (Phi) is 8.27. The number of hydrogen-bond acceptors (Lipinski definition) is 6. The third-order valence-electron chi connectivity index (χ3n) is 7.53. The summed E-state index contributed by atoms with van der Waals surface area (Å²) in [4.78, 5) is 44.0. The lowest BCUT2D eigenvalue weighted by Gasteiger charge is -2.31. The van der Waals surface area contributed by atoms with Gasteiger partial charge in [0.1, 0.15) is 6.04 Å². The Bertz CT molecular complexity index is 1560. The quantitative estimate of drug-likeness (QED) is 0.304. The zero-order chi connectivity index (χ0) is 28.9. The van der Waals surface area contributed by atoms with Crippen molar-refractivity contribution in [2.45, 2.75) is 31.5 Å². The van der Waals surface area contributed by atoms with Crippen molar-refractivity contribution in [2.75, 3.05) is 7.11 Å². The van der Waals surface area contributed by atoms with E-state index in [0.29, 0.717) is 16.0 Å². The number of hydrogen-bond donors (Lipinski definition) is 1. The van der Waals surface area contributed by atoms with Gasteiger partial charge in [-0.3, -0.25) is 14.4 Å². The average molecular weight is 564 g/mol. The first kappa shape index (κ1) is 27.8. The number of thiophene rings is 1. The van der Waals surface area contributed by atoms with Gasteiger partial charge in [0.25, 0.3) is 5.91 Å². The molecular formula is C33H29N3O4S. The van der Waals surface area contributed by atoms with E-state index in [9.17, 15) is 19.6 Å². The molecule has 0 saturated carbocycles. The van der Waals surface area contributed by atoms with E-state index >= 15 is 0 Å². The second-order valence-corrected chi connectivity index (χ2v) is 10.9. The number of ether oxygens (including phenoxy) is 1. The number of benzene rings is 3. The molecule has 4 unspecified atom stereocenters. The molecule has 1 aliphatic rings. The highest BCUT2D eigenvalue weighted by Crippen LogP contribution is 2.51. The summed E-state index contributed by atoms with van der Waals surface area (Å²) in [6.07, 6.45) is 0. The van der Waals surface area contributed by atoms with Gasteiger partial charge in [-0.2, -0.15) is 5.26 Å². The van der Waals surface area contributed by atoms with Crippen molar-refractivity contribution in [3.05, 3.63) is 129 Å². The molecule has 1 fully saturated rings. The Labute approximate surface area is 243 Å². The van der Waals surface area contributed by atoms with Crippen LogP contribution in [-0.4, -0.2) is 35.8 Å². The number of nitrogens with zero attached hydrogens (tertiary/aromatic N) is 2. The average Bonchev–Trinajstić information content (AvgIpc) is 3.68. The largest absolute Gasteiger partial charge is 0.469 e. The summed E-state index contributed by atoms with van der Waals surface area (Å²) in [6.45, 7) is 2.26. The van der Waals surface area contributed by atoms with Crippen LogP contribution in [0, 0.1) is 24.2 Å². The second kappa shape index (κ2) is 12.2. The minimum Gasteiger partial charge on any atom is -0.469 e. The number of esters is 1. The monoisotopic (exact) mass is 563 g/mol. The van der Waals surface area contributed by atoms with Crippen LogP contribution in [0.4, 0.5) is 0 Å². The van der Waals surface area contributed by atoms with E-state index in [0.717, 1.165) is 16.7 Å². The third-order valence-corrected chi connectivity index (χ3v) is 8.39. The van der Waals surface area contributed by atoms with Crippen LogP contribution in [0.15, 0.2) is 96.4 Å². The molecule has 1 N–H and O–H groups in total. The first-order valence-electron chi connectivity index (χ1n) is 13.2. The lowest BCUT2D eigenvalue weighted by Crippen LogP contribution is -2.48. The molecule has 1 aromatic heterocycles. The number of nitrogens with one attached hydrogen (secondary N) is 1. The predicted molar refractivity (Wildman–Crippen MR) is 156 cm³/mol. The van der Waals surface area contributed by atoms with Crippen LogP contribution in [0.25, 0.3) is 0 Å². The number of likely N-dealkylation sites (tertiary alicyclic amines) is 1. The second-order valence-electron chi connectivity index (χ2n) is 10.0. The number of carbonyl (C=O) groups is 3. The molecule has 8 heteroatoms. The standard InChI is InChI=1S/C33H29N3O4S/c1-21-10-12-23(13-11-21)20-35-31(37)30-27(24-7-4-3-5-8-24)28(33(39)40-2)29(25-16-14-22(19-34)15-17-25)36(30)32(38)26-9-6-18-41-26/h3-18,27-30H,20H2,1-2H3,(H,35,37). The maximum absolute atomic E-state index is 14.2. The number of nitriles is 1. The van der Waals surface area contributed by atoms with E-state index in [-0.39, 0.29) is 18.4 Å². The Hall–Kier alpha value is -4.74. The zero-order valence-corrected chi connectivity index (χ0v) is 23.5. The minimum atomic E-state index is -1.01. The molecule has 7 nitrogen and oxygen atoms in total. The van der Waals surface area contributed by atoms with Gasteiger partial charge < -0.3 is 15.0 Å².